The molecule has 2 unspecified atom stereocenters. The number of aryl methyl sites for hydroxylation is 2. The number of fused-ring (bicyclic) bond motifs is 3. The van der Waals surface area contributed by atoms with Crippen LogP contribution < -0.4 is 0 Å². The smallest absolute Gasteiger partial charge is 0.263 e. The second-order valence-corrected chi connectivity index (χ2v) is 29.8. The van der Waals surface area contributed by atoms with Crippen molar-refractivity contribution in [1.82, 2.24) is 4.90 Å². The highest BCUT2D eigenvalue weighted by molar-refractivity contribution is 7.31. The van der Waals surface area contributed by atoms with Crippen LogP contribution in [0.15, 0.2) is 59.3 Å². The molecule has 1 aliphatic heterocycles. The monoisotopic (exact) mass is 1170 g/mol. The minimum absolute atomic E-state index is 0.0918. The largest absolute Gasteiger partial charge is 0.274 e. The molecule has 0 saturated carbocycles. The number of benzene rings is 1. The van der Waals surface area contributed by atoms with Gasteiger partial charge in [-0.1, -0.05) is 170 Å². The lowest BCUT2D eigenvalue weighted by atomic mass is 9.95. The Kier molecular flexibility index (Phi) is 22.2. The zero-order chi connectivity index (χ0) is 54.5. The standard InChI is InChI=1S/C68H87NO2S7/c1-8-15-20-23-24-27-37-69-67(70)60-61(68(69)71)66(78-65(60)55-41-47(44-73-55)30-25-21-16-9-2)56-42-48(31-26-22-17-10-3)62(76-56)57-43-52-59(54-35-33-50(75-54)40-46(14-7)29-19-12-5)63-51(36-38-72-63)58(64(52)77-57)53-34-32-49(74-53)39-45(13-6)28-18-11-4/h32-36,38,41-46H,8-31,37,39-40H2,1-7H3. The van der Waals surface area contributed by atoms with Gasteiger partial charge in [0.15, 0.2) is 0 Å². The van der Waals surface area contributed by atoms with Gasteiger partial charge >= 0.3 is 0 Å². The minimum atomic E-state index is -0.0926. The van der Waals surface area contributed by atoms with Crippen LogP contribution in [0, 0.1) is 11.8 Å². The lowest BCUT2D eigenvalue weighted by molar-refractivity contribution is 0.0652. The van der Waals surface area contributed by atoms with E-state index < -0.39 is 0 Å². The van der Waals surface area contributed by atoms with E-state index in [1.54, 1.807) is 27.6 Å². The van der Waals surface area contributed by atoms with Crippen LogP contribution in [0.2, 0.25) is 0 Å². The average Bonchev–Trinajstić information content (AvgIpc) is 4.48. The number of carbonyl (C=O) groups is 2. The molecule has 0 aliphatic carbocycles. The van der Waals surface area contributed by atoms with Crippen LogP contribution in [-0.2, 0) is 25.7 Å². The SMILES string of the molecule is CCCCCCCCN1C(=O)c2c(-c3cc(CCCCCC)cs3)sc(-c3cc(CCCCCC)c(-c4cc5c(-c6ccc(CC(CC)CCCC)s6)c6sccc6c(-c6ccc(CC(CC)CCCC)s6)c5s4)s3)c2C1=O. The topological polar surface area (TPSA) is 37.4 Å². The molecule has 0 N–H and O–H groups in total. The quantitative estimate of drug-likeness (QED) is 0.0298. The first-order valence-electron chi connectivity index (χ1n) is 30.6. The van der Waals surface area contributed by atoms with Gasteiger partial charge in [0.05, 0.1) is 20.9 Å². The molecule has 0 fully saturated rings. The van der Waals surface area contributed by atoms with Crippen molar-refractivity contribution in [3.05, 3.63) is 91.3 Å². The van der Waals surface area contributed by atoms with E-state index in [4.69, 9.17) is 0 Å². The van der Waals surface area contributed by atoms with E-state index in [1.807, 2.05) is 56.7 Å². The third-order valence-corrected chi connectivity index (χ3v) is 24.8. The van der Waals surface area contributed by atoms with Gasteiger partial charge in [-0.3, -0.25) is 14.5 Å². The number of imide groups is 1. The number of rotatable bonds is 34. The summed E-state index contributed by atoms with van der Waals surface area (Å²) in [6, 6.07) is 19.5. The molecule has 9 rings (SSSR count). The van der Waals surface area contributed by atoms with E-state index in [9.17, 15) is 9.59 Å². The lowest BCUT2D eigenvalue weighted by Gasteiger charge is -2.14. The molecule has 8 heterocycles. The Balaban J connectivity index is 1.18. The zero-order valence-corrected chi connectivity index (χ0v) is 53.9. The second-order valence-electron chi connectivity index (χ2n) is 22.5. The lowest BCUT2D eigenvalue weighted by Crippen LogP contribution is -2.31. The fraction of sp³-hybridized carbons (Fsp3) is 0.529. The van der Waals surface area contributed by atoms with E-state index in [0.717, 1.165) is 82.7 Å². The van der Waals surface area contributed by atoms with Gasteiger partial charge in [-0.05, 0) is 127 Å². The van der Waals surface area contributed by atoms with Gasteiger partial charge in [0.25, 0.3) is 11.8 Å². The van der Waals surface area contributed by atoms with Gasteiger partial charge in [-0.2, -0.15) is 0 Å². The van der Waals surface area contributed by atoms with E-state index in [1.165, 1.54) is 187 Å². The highest BCUT2D eigenvalue weighted by Gasteiger charge is 2.43. The normalized spacial score (nSPS) is 13.6. The number of amides is 2. The number of hydrogen-bond acceptors (Lipinski definition) is 9. The van der Waals surface area contributed by atoms with Crippen LogP contribution >= 0.6 is 79.4 Å². The predicted molar refractivity (Wildman–Crippen MR) is 352 cm³/mol. The molecule has 0 spiro atoms. The van der Waals surface area contributed by atoms with Crippen molar-refractivity contribution in [3.8, 4) is 50.1 Å². The van der Waals surface area contributed by atoms with Crippen LogP contribution in [0.1, 0.15) is 231 Å². The number of unbranched alkanes of at least 4 members (excludes halogenated alkanes) is 13. The molecular formula is C68H87NO2S7. The van der Waals surface area contributed by atoms with E-state index in [0.29, 0.717) is 17.7 Å². The van der Waals surface area contributed by atoms with Crippen molar-refractivity contribution in [1.29, 1.82) is 0 Å². The molecule has 0 radical (unpaired) electrons. The molecule has 0 bridgehead atoms. The van der Waals surface area contributed by atoms with Gasteiger partial charge in [0, 0.05) is 76.9 Å². The van der Waals surface area contributed by atoms with Crippen molar-refractivity contribution < 1.29 is 9.59 Å². The molecule has 78 heavy (non-hydrogen) atoms. The summed E-state index contributed by atoms with van der Waals surface area (Å²) in [5, 5.41) is 7.38. The van der Waals surface area contributed by atoms with Crippen molar-refractivity contribution in [3.63, 3.8) is 0 Å². The number of hydrogen-bond donors (Lipinski definition) is 0. The van der Waals surface area contributed by atoms with Crippen molar-refractivity contribution in [2.24, 2.45) is 11.8 Å². The molecule has 1 aliphatic rings. The summed E-state index contributed by atoms with van der Waals surface area (Å²) in [6.45, 7) is 16.7. The Morgan fingerprint density at radius 1 is 0.436 bits per heavy atom. The first kappa shape index (κ1) is 59.4. The van der Waals surface area contributed by atoms with Gasteiger partial charge < -0.3 is 0 Å². The van der Waals surface area contributed by atoms with E-state index in [2.05, 4.69) is 108 Å². The summed E-state index contributed by atoms with van der Waals surface area (Å²) in [4.78, 5) is 44.0. The Bertz CT molecular complexity index is 3090. The van der Waals surface area contributed by atoms with Crippen molar-refractivity contribution in [2.75, 3.05) is 6.54 Å². The third-order valence-electron chi connectivity index (χ3n) is 16.6. The highest BCUT2D eigenvalue weighted by Crippen LogP contribution is 2.56. The maximum atomic E-state index is 15.0. The maximum absolute atomic E-state index is 15.0. The Labute approximate surface area is 497 Å². The van der Waals surface area contributed by atoms with Gasteiger partial charge in [-0.15, -0.1) is 79.4 Å². The zero-order valence-electron chi connectivity index (χ0n) is 48.1. The summed E-state index contributed by atoms with van der Waals surface area (Å²) in [7, 11) is 0. The molecule has 10 heteroatoms. The molecular weight excluding hydrogens is 1090 g/mol. The Hall–Kier alpha value is -3.22. The van der Waals surface area contributed by atoms with Crippen molar-refractivity contribution >= 4 is 111 Å². The van der Waals surface area contributed by atoms with Crippen LogP contribution in [0.25, 0.3) is 70.3 Å². The summed E-state index contributed by atoms with van der Waals surface area (Å²) < 4.78 is 2.79. The first-order valence-corrected chi connectivity index (χ1v) is 36.5. The molecule has 418 valence electrons. The first-order chi connectivity index (χ1) is 38.2. The molecule has 1 aromatic carbocycles. The summed E-state index contributed by atoms with van der Waals surface area (Å²) in [6.07, 6.45) is 30.9. The Morgan fingerprint density at radius 2 is 0.987 bits per heavy atom. The molecule has 2 amide bonds. The maximum Gasteiger partial charge on any atom is 0.263 e. The number of nitrogens with zero attached hydrogens (tertiary/aromatic N) is 1. The molecule has 0 saturated heterocycles. The van der Waals surface area contributed by atoms with Gasteiger partial charge in [0.1, 0.15) is 0 Å². The summed E-state index contributed by atoms with van der Waals surface area (Å²) in [5.74, 6) is 1.26. The number of thiophene rings is 7. The molecule has 2 atom stereocenters. The van der Waals surface area contributed by atoms with Gasteiger partial charge in [0.2, 0.25) is 0 Å². The molecule has 7 aromatic heterocycles. The van der Waals surface area contributed by atoms with E-state index in [-0.39, 0.29) is 11.8 Å². The fourth-order valence-electron chi connectivity index (χ4n) is 11.9. The molecule has 3 nitrogen and oxygen atoms in total. The average molecular weight is 1170 g/mol. The predicted octanol–water partition coefficient (Wildman–Crippen LogP) is 24.5. The Morgan fingerprint density at radius 3 is 1.60 bits per heavy atom. The van der Waals surface area contributed by atoms with E-state index >= 15 is 0 Å². The molecule has 8 aromatic rings. The number of carbonyl (C=O) groups excluding carboxylic acids is 2. The van der Waals surface area contributed by atoms with Crippen LogP contribution in [-0.4, -0.2) is 23.3 Å². The van der Waals surface area contributed by atoms with Crippen LogP contribution in [0.5, 0.6) is 0 Å². The second kappa shape index (κ2) is 29.2. The van der Waals surface area contributed by atoms with Gasteiger partial charge in [-0.25, -0.2) is 0 Å². The summed E-state index contributed by atoms with van der Waals surface area (Å²) in [5.41, 5.74) is 6.83. The fourth-order valence-corrected chi connectivity index (χ4v) is 20.4. The van der Waals surface area contributed by atoms with Crippen molar-refractivity contribution in [2.45, 2.75) is 215 Å². The van der Waals surface area contributed by atoms with Crippen LogP contribution in [0.4, 0.5) is 0 Å². The third kappa shape index (κ3) is 13.6. The summed E-state index contributed by atoms with van der Waals surface area (Å²) >= 11 is 13.3. The highest BCUT2D eigenvalue weighted by atomic mass is 32.1. The minimum Gasteiger partial charge on any atom is -0.274 e. The van der Waals surface area contributed by atoms with Crippen LogP contribution in [0.3, 0.4) is 0 Å².